The first kappa shape index (κ1) is 20.2. The van der Waals surface area contributed by atoms with Crippen LogP contribution in [0.1, 0.15) is 66.2 Å². The third kappa shape index (κ3) is 21.2. The molecule has 0 amide bonds. The normalized spacial score (nSPS) is 14.7. The van der Waals surface area contributed by atoms with Crippen molar-refractivity contribution in [1.82, 2.24) is 0 Å². The first-order valence-electron chi connectivity index (χ1n) is 6.92. The first-order chi connectivity index (χ1) is 8.22. The molecule has 0 aliphatic carbocycles. The van der Waals surface area contributed by atoms with Crippen molar-refractivity contribution in [2.24, 2.45) is 0 Å². The molecule has 0 aromatic heterocycles. The summed E-state index contributed by atoms with van der Waals surface area (Å²) in [6.45, 7) is 7.09. The lowest BCUT2D eigenvalue weighted by Gasteiger charge is -2.17. The molecule has 0 radical (unpaired) electrons. The van der Waals surface area contributed by atoms with Gasteiger partial charge in [0.05, 0.1) is 24.4 Å². The Morgan fingerprint density at radius 2 is 1.61 bits per heavy atom. The van der Waals surface area contributed by atoms with E-state index in [1.807, 2.05) is 0 Å². The molecule has 0 saturated heterocycles. The molecule has 112 valence electrons. The molecule has 0 heterocycles. The van der Waals surface area contributed by atoms with Gasteiger partial charge in [0, 0.05) is 6.42 Å². The Hall–Kier alpha value is -0.160. The third-order valence-corrected chi connectivity index (χ3v) is 2.40. The summed E-state index contributed by atoms with van der Waals surface area (Å²) in [5.41, 5.74) is -0.728. The van der Waals surface area contributed by atoms with E-state index in [1.165, 1.54) is 19.3 Å². The summed E-state index contributed by atoms with van der Waals surface area (Å²) >= 11 is 0. The summed E-state index contributed by atoms with van der Waals surface area (Å²) in [6, 6.07) is 0. The monoisotopic (exact) mass is 264 g/mol. The molecule has 0 fully saturated rings. The van der Waals surface area contributed by atoms with Crippen LogP contribution in [-0.4, -0.2) is 44.8 Å². The number of rotatable bonds is 8. The van der Waals surface area contributed by atoms with Gasteiger partial charge in [-0.25, -0.2) is 0 Å². The highest BCUT2D eigenvalue weighted by Crippen LogP contribution is 2.09. The summed E-state index contributed by atoms with van der Waals surface area (Å²) in [7, 11) is 0. The number of hydrogen-bond donors (Lipinski definition) is 4. The van der Waals surface area contributed by atoms with Crippen molar-refractivity contribution in [2.45, 2.75) is 84.0 Å². The number of aliphatic hydroxyl groups excluding tert-OH is 3. The minimum Gasteiger partial charge on any atom is -0.394 e. The fraction of sp³-hybridized carbons (Fsp3) is 1.00. The molecule has 0 rings (SSSR count). The van der Waals surface area contributed by atoms with Crippen LogP contribution in [0.2, 0.25) is 0 Å². The van der Waals surface area contributed by atoms with Crippen LogP contribution in [0.3, 0.4) is 0 Å². The zero-order valence-electron chi connectivity index (χ0n) is 12.4. The molecular formula is C14H32O4. The van der Waals surface area contributed by atoms with Crippen LogP contribution in [0.25, 0.3) is 0 Å². The van der Waals surface area contributed by atoms with Gasteiger partial charge >= 0.3 is 0 Å². The molecule has 0 aromatic carbocycles. The fourth-order valence-corrected chi connectivity index (χ4v) is 1.62. The summed E-state index contributed by atoms with van der Waals surface area (Å²) < 4.78 is 0. The van der Waals surface area contributed by atoms with Gasteiger partial charge in [-0.15, -0.1) is 0 Å². The Balaban J connectivity index is 0. The van der Waals surface area contributed by atoms with Gasteiger partial charge in [-0.3, -0.25) is 0 Å². The molecule has 0 saturated carbocycles. The van der Waals surface area contributed by atoms with Crippen molar-refractivity contribution in [3.05, 3.63) is 0 Å². The average Bonchev–Trinajstić information content (AvgIpc) is 2.21. The molecule has 0 spiro atoms. The van der Waals surface area contributed by atoms with Gasteiger partial charge in [-0.05, 0) is 27.2 Å². The number of aliphatic hydroxyl groups is 4. The van der Waals surface area contributed by atoms with Crippen molar-refractivity contribution < 1.29 is 20.4 Å². The van der Waals surface area contributed by atoms with Crippen molar-refractivity contribution in [2.75, 3.05) is 6.61 Å². The van der Waals surface area contributed by atoms with Gasteiger partial charge in [0.2, 0.25) is 0 Å². The third-order valence-electron chi connectivity index (χ3n) is 2.40. The quantitative estimate of drug-likeness (QED) is 0.504. The van der Waals surface area contributed by atoms with Crippen molar-refractivity contribution in [3.8, 4) is 0 Å². The molecule has 2 atom stereocenters. The topological polar surface area (TPSA) is 80.9 Å². The Labute approximate surface area is 112 Å². The second-order valence-corrected chi connectivity index (χ2v) is 5.55. The Bertz CT molecular complexity index is 164. The van der Waals surface area contributed by atoms with Crippen LogP contribution in [0.4, 0.5) is 0 Å². The van der Waals surface area contributed by atoms with Crippen molar-refractivity contribution in [1.29, 1.82) is 0 Å². The fourth-order valence-electron chi connectivity index (χ4n) is 1.62. The zero-order valence-corrected chi connectivity index (χ0v) is 12.4. The van der Waals surface area contributed by atoms with E-state index in [0.717, 1.165) is 12.8 Å². The number of unbranched alkanes of at least 4 members (excludes halogenated alkanes) is 3. The Kier molecular flexibility index (Phi) is 13.3. The van der Waals surface area contributed by atoms with E-state index in [9.17, 15) is 0 Å². The highest BCUT2D eigenvalue weighted by atomic mass is 16.3. The molecule has 4 heteroatoms. The lowest BCUT2D eigenvalue weighted by molar-refractivity contribution is 0.0249. The first-order valence-corrected chi connectivity index (χ1v) is 6.92. The highest BCUT2D eigenvalue weighted by Gasteiger charge is 2.14. The molecule has 0 bridgehead atoms. The van der Waals surface area contributed by atoms with Crippen molar-refractivity contribution >= 4 is 0 Å². The second-order valence-electron chi connectivity index (χ2n) is 5.55. The largest absolute Gasteiger partial charge is 0.394 e. The van der Waals surface area contributed by atoms with Gasteiger partial charge in [-0.1, -0.05) is 32.6 Å². The van der Waals surface area contributed by atoms with E-state index >= 15 is 0 Å². The van der Waals surface area contributed by atoms with Crippen LogP contribution in [0.15, 0.2) is 0 Å². The van der Waals surface area contributed by atoms with Gasteiger partial charge in [0.1, 0.15) is 0 Å². The van der Waals surface area contributed by atoms with E-state index < -0.39 is 17.8 Å². The van der Waals surface area contributed by atoms with Crippen LogP contribution in [0, 0.1) is 0 Å². The SMILES string of the molecule is CC(O)CC(C)(C)O.CCCCCCC(O)CO. The molecule has 0 aliphatic rings. The van der Waals surface area contributed by atoms with Crippen molar-refractivity contribution in [3.63, 3.8) is 0 Å². The molecule has 2 unspecified atom stereocenters. The second kappa shape index (κ2) is 11.9. The maximum Gasteiger partial charge on any atom is 0.0770 e. The minimum absolute atomic E-state index is 0.0911. The average molecular weight is 264 g/mol. The van der Waals surface area contributed by atoms with Gasteiger partial charge in [0.25, 0.3) is 0 Å². The summed E-state index contributed by atoms with van der Waals surface area (Å²) in [6.07, 6.45) is 4.95. The maximum atomic E-state index is 9.03. The van der Waals surface area contributed by atoms with Crippen LogP contribution < -0.4 is 0 Å². The van der Waals surface area contributed by atoms with Gasteiger partial charge in [0.15, 0.2) is 0 Å². The Morgan fingerprint density at radius 3 is 1.89 bits per heavy atom. The van der Waals surface area contributed by atoms with E-state index in [-0.39, 0.29) is 6.61 Å². The molecule has 0 aromatic rings. The predicted molar refractivity (Wildman–Crippen MR) is 74.4 cm³/mol. The molecule has 4 N–H and O–H groups in total. The van der Waals surface area contributed by atoms with E-state index in [4.69, 9.17) is 20.4 Å². The van der Waals surface area contributed by atoms with E-state index in [0.29, 0.717) is 6.42 Å². The summed E-state index contributed by atoms with van der Waals surface area (Å²) in [4.78, 5) is 0. The minimum atomic E-state index is -0.728. The smallest absolute Gasteiger partial charge is 0.0770 e. The molecule has 18 heavy (non-hydrogen) atoms. The maximum absolute atomic E-state index is 9.03. The predicted octanol–water partition coefficient (Wildman–Crippen LogP) is 1.84. The highest BCUT2D eigenvalue weighted by molar-refractivity contribution is 4.67. The summed E-state index contributed by atoms with van der Waals surface area (Å²) in [5.74, 6) is 0. The van der Waals surface area contributed by atoms with Crippen LogP contribution in [0.5, 0.6) is 0 Å². The number of hydrogen-bond acceptors (Lipinski definition) is 4. The summed E-state index contributed by atoms with van der Waals surface area (Å²) in [5, 5.41) is 35.1. The molecule has 4 nitrogen and oxygen atoms in total. The Morgan fingerprint density at radius 1 is 1.06 bits per heavy atom. The zero-order chi connectivity index (χ0) is 14.6. The van der Waals surface area contributed by atoms with Crippen LogP contribution >= 0.6 is 0 Å². The molecular weight excluding hydrogens is 232 g/mol. The van der Waals surface area contributed by atoms with Gasteiger partial charge < -0.3 is 20.4 Å². The van der Waals surface area contributed by atoms with Gasteiger partial charge in [-0.2, -0.15) is 0 Å². The van der Waals surface area contributed by atoms with E-state index in [1.54, 1.807) is 20.8 Å². The van der Waals surface area contributed by atoms with E-state index in [2.05, 4.69) is 6.92 Å². The lowest BCUT2D eigenvalue weighted by Crippen LogP contribution is -2.24. The van der Waals surface area contributed by atoms with Crippen LogP contribution in [-0.2, 0) is 0 Å². The standard InChI is InChI=1S/C8H18O2.C6H14O2/c1-2-3-4-5-6-8(10)7-9;1-5(7)4-6(2,3)8/h8-10H,2-7H2,1H3;5,7-8H,4H2,1-3H3. The molecule has 0 aliphatic heterocycles. The lowest BCUT2D eigenvalue weighted by atomic mass is 10.0.